The summed E-state index contributed by atoms with van der Waals surface area (Å²) < 4.78 is 11.6. The summed E-state index contributed by atoms with van der Waals surface area (Å²) in [6.45, 7) is 2.37. The smallest absolute Gasteiger partial charge is 0.171 e. The predicted octanol–water partition coefficient (Wildman–Crippen LogP) is 5.09. The number of benzene rings is 2. The molecule has 1 saturated heterocycles. The molecule has 3 nitrogen and oxygen atoms in total. The third-order valence-electron chi connectivity index (χ3n) is 4.40. The zero-order valence-electron chi connectivity index (χ0n) is 14.3. The summed E-state index contributed by atoms with van der Waals surface area (Å²) in [4.78, 5) is 3.09. The van der Waals surface area contributed by atoms with E-state index in [9.17, 15) is 0 Å². The molecular formula is C20H22ClNO2S. The van der Waals surface area contributed by atoms with Crippen LogP contribution in [0.2, 0.25) is 5.02 Å². The number of thiocarbonyl (C=S) groups is 1. The molecule has 1 heterocycles. The number of piperidine rings is 1. The second kappa shape index (κ2) is 8.54. The lowest BCUT2D eigenvalue weighted by molar-refractivity contribution is 0.282. The molecule has 132 valence electrons. The Kier molecular flexibility index (Phi) is 6.16. The fourth-order valence-corrected chi connectivity index (χ4v) is 3.56. The van der Waals surface area contributed by atoms with Gasteiger partial charge in [0.2, 0.25) is 0 Å². The number of para-hydroxylation sites is 1. The largest absolute Gasteiger partial charge is 0.493 e. The first-order valence-corrected chi connectivity index (χ1v) is 9.32. The average molecular weight is 376 g/mol. The maximum atomic E-state index is 6.24. The van der Waals surface area contributed by atoms with Gasteiger partial charge in [-0.25, -0.2) is 0 Å². The van der Waals surface area contributed by atoms with Gasteiger partial charge in [-0.15, -0.1) is 0 Å². The summed E-state index contributed by atoms with van der Waals surface area (Å²) >= 11 is 12.0. The second-order valence-electron chi connectivity index (χ2n) is 6.07. The van der Waals surface area contributed by atoms with E-state index in [2.05, 4.69) is 4.90 Å². The lowest BCUT2D eigenvalue weighted by atomic mass is 10.1. The van der Waals surface area contributed by atoms with Gasteiger partial charge < -0.3 is 14.4 Å². The van der Waals surface area contributed by atoms with Crippen LogP contribution in [0.1, 0.15) is 30.4 Å². The molecule has 0 saturated carbocycles. The minimum atomic E-state index is 0.371. The molecule has 2 aromatic rings. The van der Waals surface area contributed by atoms with Crippen LogP contribution in [0, 0.1) is 0 Å². The number of rotatable bonds is 5. The highest BCUT2D eigenvalue weighted by Gasteiger charge is 2.20. The van der Waals surface area contributed by atoms with Crippen molar-refractivity contribution >= 4 is 28.8 Å². The van der Waals surface area contributed by atoms with Crippen molar-refractivity contribution in [2.45, 2.75) is 25.9 Å². The Morgan fingerprint density at radius 3 is 2.56 bits per heavy atom. The fraction of sp³-hybridized carbons (Fsp3) is 0.350. The van der Waals surface area contributed by atoms with E-state index in [1.165, 1.54) is 19.3 Å². The molecule has 0 radical (unpaired) electrons. The van der Waals surface area contributed by atoms with Crippen molar-refractivity contribution in [3.8, 4) is 11.5 Å². The second-order valence-corrected chi connectivity index (χ2v) is 6.86. The average Bonchev–Trinajstić information content (AvgIpc) is 2.67. The van der Waals surface area contributed by atoms with Gasteiger partial charge in [-0.05, 0) is 37.5 Å². The lowest BCUT2D eigenvalue weighted by Gasteiger charge is -2.30. The van der Waals surface area contributed by atoms with E-state index in [1.807, 2.05) is 42.5 Å². The van der Waals surface area contributed by atoms with Crippen LogP contribution >= 0.6 is 23.8 Å². The summed E-state index contributed by atoms with van der Waals surface area (Å²) in [6.07, 6.45) is 3.63. The molecule has 0 bridgehead atoms. The van der Waals surface area contributed by atoms with Crippen LogP contribution in [0.25, 0.3) is 0 Å². The topological polar surface area (TPSA) is 21.7 Å². The Bertz CT molecular complexity index is 744. The van der Waals surface area contributed by atoms with E-state index >= 15 is 0 Å². The van der Waals surface area contributed by atoms with Crippen molar-refractivity contribution in [2.75, 3.05) is 20.2 Å². The van der Waals surface area contributed by atoms with Gasteiger partial charge in [-0.2, -0.15) is 0 Å². The lowest BCUT2D eigenvalue weighted by Crippen LogP contribution is -2.35. The van der Waals surface area contributed by atoms with E-state index in [1.54, 1.807) is 7.11 Å². The third-order valence-corrected chi connectivity index (χ3v) is 5.25. The summed E-state index contributed by atoms with van der Waals surface area (Å²) in [7, 11) is 1.64. The maximum absolute atomic E-state index is 6.24. The minimum absolute atomic E-state index is 0.371. The highest BCUT2D eigenvalue weighted by Crippen LogP contribution is 2.34. The van der Waals surface area contributed by atoms with Gasteiger partial charge in [0, 0.05) is 23.7 Å². The minimum Gasteiger partial charge on any atom is -0.493 e. The van der Waals surface area contributed by atoms with Crippen LogP contribution < -0.4 is 9.47 Å². The van der Waals surface area contributed by atoms with Gasteiger partial charge >= 0.3 is 0 Å². The van der Waals surface area contributed by atoms with Crippen molar-refractivity contribution in [3.63, 3.8) is 0 Å². The molecule has 25 heavy (non-hydrogen) atoms. The molecule has 0 N–H and O–H groups in total. The molecule has 2 aromatic carbocycles. The van der Waals surface area contributed by atoms with Crippen LogP contribution in [0.3, 0.4) is 0 Å². The molecule has 0 atom stereocenters. The van der Waals surface area contributed by atoms with Crippen molar-refractivity contribution in [1.82, 2.24) is 4.90 Å². The number of halogens is 1. The highest BCUT2D eigenvalue weighted by atomic mass is 35.5. The SMILES string of the molecule is COc1cccc(C(=S)N2CCCCC2)c1OCc1ccccc1Cl. The Hall–Kier alpha value is -1.78. The third kappa shape index (κ3) is 4.25. The molecule has 3 rings (SSSR count). The van der Waals surface area contributed by atoms with Crippen LogP contribution in [0.4, 0.5) is 0 Å². The van der Waals surface area contributed by atoms with Crippen molar-refractivity contribution < 1.29 is 9.47 Å². The van der Waals surface area contributed by atoms with Crippen LogP contribution in [0.5, 0.6) is 11.5 Å². The van der Waals surface area contributed by atoms with Crippen molar-refractivity contribution in [2.24, 2.45) is 0 Å². The van der Waals surface area contributed by atoms with Crippen molar-refractivity contribution in [3.05, 3.63) is 58.6 Å². The first-order chi connectivity index (χ1) is 12.2. The Labute approximate surface area is 159 Å². The van der Waals surface area contributed by atoms with E-state index < -0.39 is 0 Å². The Morgan fingerprint density at radius 2 is 1.84 bits per heavy atom. The number of likely N-dealkylation sites (tertiary alicyclic amines) is 1. The number of hydrogen-bond acceptors (Lipinski definition) is 3. The number of nitrogens with zero attached hydrogens (tertiary/aromatic N) is 1. The molecule has 1 fully saturated rings. The monoisotopic (exact) mass is 375 g/mol. The number of hydrogen-bond donors (Lipinski definition) is 0. The van der Waals surface area contributed by atoms with Gasteiger partial charge in [-0.3, -0.25) is 0 Å². The molecular weight excluding hydrogens is 354 g/mol. The zero-order valence-corrected chi connectivity index (χ0v) is 15.9. The highest BCUT2D eigenvalue weighted by molar-refractivity contribution is 7.80. The van der Waals surface area contributed by atoms with Gasteiger partial charge in [0.25, 0.3) is 0 Å². The predicted molar refractivity (Wildman–Crippen MR) is 106 cm³/mol. The molecule has 0 aromatic heterocycles. The van der Waals surface area contributed by atoms with E-state index in [4.69, 9.17) is 33.3 Å². The maximum Gasteiger partial charge on any atom is 0.171 e. The van der Waals surface area contributed by atoms with Gasteiger partial charge in [0.1, 0.15) is 11.6 Å². The van der Waals surface area contributed by atoms with Gasteiger partial charge in [0.05, 0.1) is 12.7 Å². The molecule has 1 aliphatic rings. The molecule has 0 amide bonds. The Balaban J connectivity index is 1.86. The summed E-state index contributed by atoms with van der Waals surface area (Å²) in [6, 6.07) is 13.5. The number of ether oxygens (including phenoxy) is 2. The fourth-order valence-electron chi connectivity index (χ4n) is 3.03. The molecule has 1 aliphatic heterocycles. The first-order valence-electron chi connectivity index (χ1n) is 8.53. The van der Waals surface area contributed by atoms with Crippen LogP contribution in [0.15, 0.2) is 42.5 Å². The summed E-state index contributed by atoms with van der Waals surface area (Å²) in [5, 5.41) is 0.692. The summed E-state index contributed by atoms with van der Waals surface area (Å²) in [5.74, 6) is 1.37. The standard InChI is InChI=1S/C20H22ClNO2S/c1-23-18-11-7-9-16(20(25)22-12-5-2-6-13-22)19(18)24-14-15-8-3-4-10-17(15)21/h3-4,7-11H,2,5-6,12-14H2,1H3. The van der Waals surface area contributed by atoms with Gasteiger partial charge in [-0.1, -0.05) is 48.1 Å². The van der Waals surface area contributed by atoms with E-state index in [0.29, 0.717) is 23.1 Å². The van der Waals surface area contributed by atoms with Crippen LogP contribution in [-0.4, -0.2) is 30.1 Å². The van der Waals surface area contributed by atoms with E-state index in [0.717, 1.165) is 29.2 Å². The quantitative estimate of drug-likeness (QED) is 0.678. The summed E-state index contributed by atoms with van der Waals surface area (Å²) in [5.41, 5.74) is 1.84. The molecule has 0 spiro atoms. The van der Waals surface area contributed by atoms with Crippen molar-refractivity contribution in [1.29, 1.82) is 0 Å². The van der Waals surface area contributed by atoms with Gasteiger partial charge in [0.15, 0.2) is 11.5 Å². The first kappa shape index (κ1) is 18.0. The molecule has 0 unspecified atom stereocenters. The Morgan fingerprint density at radius 1 is 1.08 bits per heavy atom. The van der Waals surface area contributed by atoms with E-state index in [-0.39, 0.29) is 0 Å². The zero-order chi connectivity index (χ0) is 17.6. The van der Waals surface area contributed by atoms with Crippen LogP contribution in [-0.2, 0) is 6.61 Å². The normalized spacial score (nSPS) is 14.2. The number of methoxy groups -OCH3 is 1. The molecule has 0 aliphatic carbocycles. The molecule has 5 heteroatoms.